The minimum absolute atomic E-state index is 0.0456. The smallest absolute Gasteiger partial charge is 0.328 e. The first kappa shape index (κ1) is 15.3. The van der Waals surface area contributed by atoms with Gasteiger partial charge in [0.05, 0.1) is 12.3 Å². The Morgan fingerprint density at radius 1 is 1.48 bits per heavy atom. The van der Waals surface area contributed by atoms with Crippen LogP contribution in [-0.4, -0.2) is 33.2 Å². The number of nitrogens with one attached hydrogen (secondary N) is 1. The van der Waals surface area contributed by atoms with Gasteiger partial charge in [-0.25, -0.2) is 14.3 Å². The average Bonchev–Trinajstić information content (AvgIpc) is 2.84. The van der Waals surface area contributed by atoms with Gasteiger partial charge in [-0.05, 0) is 19.9 Å². The molecule has 1 N–H and O–H groups in total. The van der Waals surface area contributed by atoms with E-state index in [1.165, 1.54) is 0 Å². The predicted octanol–water partition coefficient (Wildman–Crippen LogP) is 2.39. The average molecular weight is 290 g/mol. The summed E-state index contributed by atoms with van der Waals surface area (Å²) in [4.78, 5) is 16.0. The highest BCUT2D eigenvalue weighted by Crippen LogP contribution is 2.24. The van der Waals surface area contributed by atoms with E-state index in [0.29, 0.717) is 12.4 Å². The van der Waals surface area contributed by atoms with Crippen molar-refractivity contribution in [1.82, 2.24) is 14.6 Å². The van der Waals surface area contributed by atoms with Crippen molar-refractivity contribution in [3.63, 3.8) is 0 Å². The molecule has 2 rings (SSSR count). The molecule has 2 aromatic heterocycles. The molecule has 6 nitrogen and oxygen atoms in total. The first-order valence-electron chi connectivity index (χ1n) is 7.11. The van der Waals surface area contributed by atoms with Crippen molar-refractivity contribution < 1.29 is 9.53 Å². The van der Waals surface area contributed by atoms with Crippen LogP contribution in [0.25, 0.3) is 5.52 Å². The van der Waals surface area contributed by atoms with Gasteiger partial charge in [0.25, 0.3) is 0 Å². The van der Waals surface area contributed by atoms with Gasteiger partial charge in [0.1, 0.15) is 11.6 Å². The summed E-state index contributed by atoms with van der Waals surface area (Å²) in [6.07, 6.45) is 3.46. The summed E-state index contributed by atoms with van der Waals surface area (Å²) < 4.78 is 6.77. The van der Waals surface area contributed by atoms with Crippen molar-refractivity contribution in [2.75, 3.05) is 11.9 Å². The van der Waals surface area contributed by atoms with Crippen molar-refractivity contribution in [2.24, 2.45) is 0 Å². The fourth-order valence-electron chi connectivity index (χ4n) is 1.93. The summed E-state index contributed by atoms with van der Waals surface area (Å²) in [6, 6.07) is 1.53. The number of aromatic nitrogens is 3. The van der Waals surface area contributed by atoms with E-state index in [1.54, 1.807) is 30.8 Å². The third kappa shape index (κ3) is 3.32. The summed E-state index contributed by atoms with van der Waals surface area (Å²) in [5.41, 5.74) is 1.77. The summed E-state index contributed by atoms with van der Waals surface area (Å²) in [6.45, 7) is 10.2. The summed E-state index contributed by atoms with van der Waals surface area (Å²) in [5, 5.41) is 7.64. The highest BCUT2D eigenvalue weighted by atomic mass is 16.5. The van der Waals surface area contributed by atoms with Crippen LogP contribution in [0.3, 0.4) is 0 Å². The number of carbonyl (C=O) groups is 1. The van der Waals surface area contributed by atoms with Crippen molar-refractivity contribution in [3.05, 3.63) is 24.2 Å². The molecule has 0 aliphatic carbocycles. The molecule has 1 unspecified atom stereocenters. The van der Waals surface area contributed by atoms with E-state index in [-0.39, 0.29) is 11.4 Å². The van der Waals surface area contributed by atoms with Gasteiger partial charge in [-0.1, -0.05) is 20.8 Å². The van der Waals surface area contributed by atoms with E-state index in [9.17, 15) is 4.79 Å². The Hall–Kier alpha value is -2.11. The maximum atomic E-state index is 11.7. The Kier molecular flexibility index (Phi) is 4.16. The number of hydrogen-bond acceptors (Lipinski definition) is 5. The second kappa shape index (κ2) is 5.71. The molecule has 0 fully saturated rings. The zero-order valence-electron chi connectivity index (χ0n) is 13.2. The highest BCUT2D eigenvalue weighted by molar-refractivity contribution is 5.81. The molecule has 0 spiro atoms. The van der Waals surface area contributed by atoms with E-state index in [4.69, 9.17) is 4.74 Å². The van der Waals surface area contributed by atoms with Crippen molar-refractivity contribution >= 4 is 17.3 Å². The molecule has 2 heterocycles. The fourth-order valence-corrected chi connectivity index (χ4v) is 1.93. The second-order valence-electron chi connectivity index (χ2n) is 6.00. The monoisotopic (exact) mass is 290 g/mol. The Morgan fingerprint density at radius 2 is 2.19 bits per heavy atom. The van der Waals surface area contributed by atoms with E-state index in [1.807, 2.05) is 6.07 Å². The van der Waals surface area contributed by atoms with Gasteiger partial charge in [0, 0.05) is 17.8 Å². The summed E-state index contributed by atoms with van der Waals surface area (Å²) >= 11 is 0. The minimum Gasteiger partial charge on any atom is -0.464 e. The number of hydrogen-bond donors (Lipinski definition) is 1. The van der Waals surface area contributed by atoms with Gasteiger partial charge in [0.15, 0.2) is 5.82 Å². The second-order valence-corrected chi connectivity index (χ2v) is 6.00. The van der Waals surface area contributed by atoms with Gasteiger partial charge in [-0.2, -0.15) is 5.10 Å². The summed E-state index contributed by atoms with van der Waals surface area (Å²) in [5.74, 6) is 0.331. The number of ether oxygens (including phenoxy) is 1. The lowest BCUT2D eigenvalue weighted by molar-refractivity contribution is -0.143. The number of anilines is 1. The van der Waals surface area contributed by atoms with Gasteiger partial charge in [0.2, 0.25) is 0 Å². The van der Waals surface area contributed by atoms with Gasteiger partial charge < -0.3 is 10.1 Å². The quantitative estimate of drug-likeness (QED) is 0.876. The molecule has 114 valence electrons. The van der Waals surface area contributed by atoms with Gasteiger partial charge in [-0.15, -0.1) is 0 Å². The van der Waals surface area contributed by atoms with Crippen LogP contribution in [0, 0.1) is 0 Å². The van der Waals surface area contributed by atoms with Crippen LogP contribution in [0.4, 0.5) is 5.82 Å². The third-order valence-electron chi connectivity index (χ3n) is 3.15. The van der Waals surface area contributed by atoms with Crippen molar-refractivity contribution in [1.29, 1.82) is 0 Å². The predicted molar refractivity (Wildman–Crippen MR) is 81.4 cm³/mol. The zero-order chi connectivity index (χ0) is 15.6. The molecule has 1 atom stereocenters. The topological polar surface area (TPSA) is 68.5 Å². The highest BCUT2D eigenvalue weighted by Gasteiger charge is 2.20. The molecule has 0 aliphatic rings. The number of fused-ring (bicyclic) bond motifs is 1. The number of rotatable bonds is 4. The molecule has 6 heteroatoms. The fraction of sp³-hybridized carbons (Fsp3) is 0.533. The Balaban J connectivity index is 2.32. The standard InChI is InChI=1S/C15H22N4O2/c1-6-21-14(20)10(2)17-13-11-9-12(15(3,4)5)18-19(11)8-7-16-13/h7-10H,6H2,1-5H3,(H,16,17). The molecular weight excluding hydrogens is 268 g/mol. The lowest BCUT2D eigenvalue weighted by atomic mass is 9.92. The van der Waals surface area contributed by atoms with Crippen molar-refractivity contribution in [3.8, 4) is 0 Å². The number of esters is 1. The van der Waals surface area contributed by atoms with Gasteiger partial charge in [-0.3, -0.25) is 0 Å². The van der Waals surface area contributed by atoms with Crippen LogP contribution < -0.4 is 5.32 Å². The van der Waals surface area contributed by atoms with Crippen LogP contribution in [0.5, 0.6) is 0 Å². The largest absolute Gasteiger partial charge is 0.464 e. The van der Waals surface area contributed by atoms with E-state index in [0.717, 1.165) is 11.2 Å². The van der Waals surface area contributed by atoms with Crippen LogP contribution in [0.15, 0.2) is 18.5 Å². The zero-order valence-corrected chi connectivity index (χ0v) is 13.2. The molecule has 0 aliphatic heterocycles. The molecule has 0 radical (unpaired) electrons. The van der Waals surface area contributed by atoms with Gasteiger partial charge >= 0.3 is 5.97 Å². The van der Waals surface area contributed by atoms with E-state index in [2.05, 4.69) is 36.2 Å². The van der Waals surface area contributed by atoms with Crippen molar-refractivity contribution in [2.45, 2.75) is 46.1 Å². The lowest BCUT2D eigenvalue weighted by Crippen LogP contribution is -2.28. The molecular formula is C15H22N4O2. The normalized spacial score (nSPS) is 13.2. The number of carbonyl (C=O) groups excluding carboxylic acids is 1. The van der Waals surface area contributed by atoms with Crippen LogP contribution >= 0.6 is 0 Å². The molecule has 0 saturated heterocycles. The molecule has 21 heavy (non-hydrogen) atoms. The minimum atomic E-state index is -0.461. The van der Waals surface area contributed by atoms with Crippen LogP contribution in [0.1, 0.15) is 40.3 Å². The summed E-state index contributed by atoms with van der Waals surface area (Å²) in [7, 11) is 0. The van der Waals surface area contributed by atoms with Crippen LogP contribution in [-0.2, 0) is 14.9 Å². The maximum Gasteiger partial charge on any atom is 0.328 e. The number of nitrogens with zero attached hydrogens (tertiary/aromatic N) is 3. The Bertz CT molecular complexity index is 643. The molecule has 0 amide bonds. The van der Waals surface area contributed by atoms with Crippen LogP contribution in [0.2, 0.25) is 0 Å². The molecule has 0 aromatic carbocycles. The lowest BCUT2D eigenvalue weighted by Gasteiger charge is -2.13. The third-order valence-corrected chi connectivity index (χ3v) is 3.15. The van der Waals surface area contributed by atoms with E-state index >= 15 is 0 Å². The first-order chi connectivity index (χ1) is 9.82. The first-order valence-corrected chi connectivity index (χ1v) is 7.11. The molecule has 0 bridgehead atoms. The van der Waals surface area contributed by atoms with E-state index < -0.39 is 6.04 Å². The maximum absolute atomic E-state index is 11.7. The molecule has 0 saturated carbocycles. The SMILES string of the molecule is CCOC(=O)C(C)Nc1nccn2nc(C(C)(C)C)cc12. The molecule has 2 aromatic rings. The Labute approximate surface area is 124 Å². The Morgan fingerprint density at radius 3 is 2.81 bits per heavy atom.